The van der Waals surface area contributed by atoms with Crippen LogP contribution >= 0.6 is 15.9 Å². The van der Waals surface area contributed by atoms with Crippen LogP contribution in [0.2, 0.25) is 0 Å². The van der Waals surface area contributed by atoms with Crippen LogP contribution in [0.4, 0.5) is 0 Å². The summed E-state index contributed by atoms with van der Waals surface area (Å²) in [6.45, 7) is 11.1. The topological polar surface area (TPSA) is 33.1 Å². The molecule has 1 aromatic heterocycles. The molecule has 21 heavy (non-hydrogen) atoms. The average molecular weight is 351 g/mol. The SMILES string of the molecule is CC(c1nc2cc(Br)ccc2n1C(C)C)N1CCNCC1. The van der Waals surface area contributed by atoms with E-state index >= 15 is 0 Å². The molecule has 1 fully saturated rings. The Morgan fingerprint density at radius 3 is 2.57 bits per heavy atom. The third kappa shape index (κ3) is 2.87. The van der Waals surface area contributed by atoms with E-state index in [9.17, 15) is 0 Å². The molecule has 0 amide bonds. The van der Waals surface area contributed by atoms with Crippen LogP contribution in [0.1, 0.15) is 38.7 Å². The molecule has 1 N–H and O–H groups in total. The van der Waals surface area contributed by atoms with Gasteiger partial charge in [0.05, 0.1) is 17.1 Å². The van der Waals surface area contributed by atoms with Crippen LogP contribution in [0.15, 0.2) is 22.7 Å². The largest absolute Gasteiger partial charge is 0.324 e. The molecule has 3 rings (SSSR count). The van der Waals surface area contributed by atoms with E-state index < -0.39 is 0 Å². The molecule has 5 heteroatoms. The van der Waals surface area contributed by atoms with Gasteiger partial charge in [0.1, 0.15) is 5.82 Å². The number of halogens is 1. The highest BCUT2D eigenvalue weighted by Crippen LogP contribution is 2.29. The lowest BCUT2D eigenvalue weighted by atomic mass is 10.2. The van der Waals surface area contributed by atoms with Gasteiger partial charge >= 0.3 is 0 Å². The number of nitrogens with one attached hydrogen (secondary N) is 1. The van der Waals surface area contributed by atoms with E-state index in [-0.39, 0.29) is 0 Å². The summed E-state index contributed by atoms with van der Waals surface area (Å²) in [6.07, 6.45) is 0. The summed E-state index contributed by atoms with van der Waals surface area (Å²) in [4.78, 5) is 7.46. The zero-order valence-corrected chi connectivity index (χ0v) is 14.5. The van der Waals surface area contributed by atoms with Gasteiger partial charge in [-0.15, -0.1) is 0 Å². The molecule has 4 nitrogen and oxygen atoms in total. The first-order valence-corrected chi connectivity index (χ1v) is 8.49. The molecular weight excluding hydrogens is 328 g/mol. The number of rotatable bonds is 3. The summed E-state index contributed by atoms with van der Waals surface area (Å²) in [5.41, 5.74) is 2.31. The van der Waals surface area contributed by atoms with Crippen LogP contribution in [0.5, 0.6) is 0 Å². The predicted octanol–water partition coefficient (Wildman–Crippen LogP) is 3.35. The first-order chi connectivity index (χ1) is 10.1. The molecule has 0 bridgehead atoms. The maximum absolute atomic E-state index is 4.94. The smallest absolute Gasteiger partial charge is 0.127 e. The molecule has 1 saturated heterocycles. The van der Waals surface area contributed by atoms with Crippen molar-refractivity contribution in [2.75, 3.05) is 26.2 Å². The van der Waals surface area contributed by atoms with Gasteiger partial charge < -0.3 is 9.88 Å². The van der Waals surface area contributed by atoms with E-state index in [2.05, 4.69) is 69.7 Å². The molecule has 1 aromatic carbocycles. The summed E-state index contributed by atoms with van der Waals surface area (Å²) < 4.78 is 3.47. The van der Waals surface area contributed by atoms with Crippen molar-refractivity contribution in [3.05, 3.63) is 28.5 Å². The van der Waals surface area contributed by atoms with Crippen molar-refractivity contribution in [3.63, 3.8) is 0 Å². The molecule has 2 aromatic rings. The summed E-state index contributed by atoms with van der Waals surface area (Å²) in [6, 6.07) is 7.14. The Morgan fingerprint density at radius 1 is 1.19 bits per heavy atom. The lowest BCUT2D eigenvalue weighted by Crippen LogP contribution is -2.45. The van der Waals surface area contributed by atoms with E-state index in [4.69, 9.17) is 4.98 Å². The number of benzene rings is 1. The molecule has 1 atom stereocenters. The highest BCUT2D eigenvalue weighted by Gasteiger charge is 2.24. The van der Waals surface area contributed by atoms with Gasteiger partial charge in [-0.3, -0.25) is 4.90 Å². The van der Waals surface area contributed by atoms with Crippen LogP contribution in [-0.4, -0.2) is 40.6 Å². The predicted molar refractivity (Wildman–Crippen MR) is 90.7 cm³/mol. The maximum Gasteiger partial charge on any atom is 0.127 e. The minimum atomic E-state index is 0.348. The van der Waals surface area contributed by atoms with Gasteiger partial charge in [0.15, 0.2) is 0 Å². The Morgan fingerprint density at radius 2 is 1.90 bits per heavy atom. The van der Waals surface area contributed by atoms with E-state index in [1.165, 1.54) is 11.3 Å². The van der Waals surface area contributed by atoms with Crippen molar-refractivity contribution in [2.45, 2.75) is 32.9 Å². The van der Waals surface area contributed by atoms with Gasteiger partial charge in [-0.25, -0.2) is 4.98 Å². The summed E-state index contributed by atoms with van der Waals surface area (Å²) >= 11 is 3.55. The molecular formula is C16H23BrN4. The fourth-order valence-corrected chi connectivity index (χ4v) is 3.51. The molecule has 0 saturated carbocycles. The van der Waals surface area contributed by atoms with Crippen LogP contribution in [-0.2, 0) is 0 Å². The molecule has 0 aliphatic carbocycles. The number of imidazole rings is 1. The monoisotopic (exact) mass is 350 g/mol. The van der Waals surface area contributed by atoms with Crippen molar-refractivity contribution in [2.24, 2.45) is 0 Å². The number of aromatic nitrogens is 2. The normalized spacial score (nSPS) is 18.5. The third-order valence-corrected chi connectivity index (χ3v) is 4.76. The van der Waals surface area contributed by atoms with Gasteiger partial charge in [-0.1, -0.05) is 15.9 Å². The van der Waals surface area contributed by atoms with E-state index in [1.54, 1.807) is 0 Å². The zero-order valence-electron chi connectivity index (χ0n) is 12.9. The van der Waals surface area contributed by atoms with Crippen LogP contribution in [0.25, 0.3) is 11.0 Å². The number of piperazine rings is 1. The maximum atomic E-state index is 4.94. The Kier molecular flexibility index (Phi) is 4.33. The Bertz CT molecular complexity index is 628. The highest BCUT2D eigenvalue weighted by molar-refractivity contribution is 9.10. The van der Waals surface area contributed by atoms with Crippen LogP contribution < -0.4 is 5.32 Å². The van der Waals surface area contributed by atoms with Crippen molar-refractivity contribution in [1.82, 2.24) is 19.8 Å². The summed E-state index contributed by atoms with van der Waals surface area (Å²) in [5, 5.41) is 3.42. The van der Waals surface area contributed by atoms with Crippen molar-refractivity contribution >= 4 is 27.0 Å². The van der Waals surface area contributed by atoms with Crippen molar-refractivity contribution in [1.29, 1.82) is 0 Å². The van der Waals surface area contributed by atoms with E-state index in [0.717, 1.165) is 36.2 Å². The second kappa shape index (κ2) is 6.07. The number of hydrogen-bond acceptors (Lipinski definition) is 3. The lowest BCUT2D eigenvalue weighted by Gasteiger charge is -2.33. The first-order valence-electron chi connectivity index (χ1n) is 7.70. The molecule has 0 spiro atoms. The van der Waals surface area contributed by atoms with Crippen LogP contribution in [0.3, 0.4) is 0 Å². The van der Waals surface area contributed by atoms with E-state index in [1.807, 2.05) is 0 Å². The van der Waals surface area contributed by atoms with Gasteiger partial charge in [0, 0.05) is 36.7 Å². The van der Waals surface area contributed by atoms with Gasteiger partial charge in [0.2, 0.25) is 0 Å². The first kappa shape index (κ1) is 15.0. The molecule has 1 aliphatic heterocycles. The fraction of sp³-hybridized carbons (Fsp3) is 0.562. The van der Waals surface area contributed by atoms with Gasteiger partial charge in [-0.2, -0.15) is 0 Å². The Hall–Kier alpha value is -0.910. The summed E-state index contributed by atoms with van der Waals surface area (Å²) in [5.74, 6) is 1.18. The molecule has 2 heterocycles. The second-order valence-corrected chi connectivity index (χ2v) is 6.94. The Balaban J connectivity index is 2.05. The summed E-state index contributed by atoms with van der Waals surface area (Å²) in [7, 11) is 0. The molecule has 1 aliphatic rings. The minimum absolute atomic E-state index is 0.348. The third-order valence-electron chi connectivity index (χ3n) is 4.27. The molecule has 114 valence electrons. The Labute approximate surface area is 134 Å². The van der Waals surface area contributed by atoms with Crippen molar-refractivity contribution < 1.29 is 0 Å². The highest BCUT2D eigenvalue weighted by atomic mass is 79.9. The standard InChI is InChI=1S/C16H23BrN4/c1-11(2)21-15-5-4-13(17)10-14(15)19-16(21)12(3)20-8-6-18-7-9-20/h4-5,10-12,18H,6-9H2,1-3H3. The molecule has 1 unspecified atom stereocenters. The second-order valence-electron chi connectivity index (χ2n) is 6.03. The minimum Gasteiger partial charge on any atom is -0.324 e. The van der Waals surface area contributed by atoms with Crippen molar-refractivity contribution in [3.8, 4) is 0 Å². The number of nitrogens with zero attached hydrogens (tertiary/aromatic N) is 3. The number of hydrogen-bond donors (Lipinski definition) is 1. The van der Waals surface area contributed by atoms with Crippen LogP contribution in [0, 0.1) is 0 Å². The molecule has 0 radical (unpaired) electrons. The average Bonchev–Trinajstić information content (AvgIpc) is 2.85. The van der Waals surface area contributed by atoms with Gasteiger partial charge in [-0.05, 0) is 39.0 Å². The lowest BCUT2D eigenvalue weighted by molar-refractivity contribution is 0.175. The number of fused-ring (bicyclic) bond motifs is 1. The van der Waals surface area contributed by atoms with E-state index in [0.29, 0.717) is 12.1 Å². The zero-order chi connectivity index (χ0) is 15.0. The van der Waals surface area contributed by atoms with Gasteiger partial charge in [0.25, 0.3) is 0 Å². The quantitative estimate of drug-likeness (QED) is 0.921. The fourth-order valence-electron chi connectivity index (χ4n) is 3.16.